The number of para-hydroxylation sites is 1. The molecular weight excluding hydrogens is 223 g/mol. The number of hydrogen-bond donors (Lipinski definition) is 1. The molecule has 2 aromatic carbocycles. The van der Waals surface area contributed by atoms with Gasteiger partial charge in [-0.25, -0.2) is 0 Å². The topological polar surface area (TPSA) is 32.3 Å². The molecule has 88 valence electrons. The Kier molecular flexibility index (Phi) is 2.56. The fourth-order valence-corrected chi connectivity index (χ4v) is 2.35. The second-order valence-corrected chi connectivity index (χ2v) is 4.41. The van der Waals surface area contributed by atoms with Crippen molar-refractivity contribution >= 4 is 24.0 Å². The van der Waals surface area contributed by atoms with Gasteiger partial charge in [-0.3, -0.25) is 4.79 Å². The van der Waals surface area contributed by atoms with Crippen LogP contribution in [0, 0.1) is 0 Å². The highest BCUT2D eigenvalue weighted by Crippen LogP contribution is 2.22. The van der Waals surface area contributed by atoms with Gasteiger partial charge in [0.05, 0.1) is 5.56 Å². The SMILES string of the molecule is CN1B(c2ccccc2)NC(=O)c2ccccc21. The molecule has 1 aliphatic heterocycles. The third kappa shape index (κ3) is 1.66. The van der Waals surface area contributed by atoms with Crippen molar-refractivity contribution < 1.29 is 4.79 Å². The Morgan fingerprint density at radius 1 is 1.00 bits per heavy atom. The number of carbonyl (C=O) groups excluding carboxylic acids is 1. The number of nitrogens with zero attached hydrogens (tertiary/aromatic N) is 1. The van der Waals surface area contributed by atoms with E-state index in [4.69, 9.17) is 0 Å². The van der Waals surface area contributed by atoms with Gasteiger partial charge in [0.1, 0.15) is 0 Å². The molecule has 1 heterocycles. The third-order valence-corrected chi connectivity index (χ3v) is 3.30. The molecule has 3 rings (SSSR count). The Hall–Kier alpha value is -2.23. The van der Waals surface area contributed by atoms with E-state index in [1.165, 1.54) is 0 Å². The summed E-state index contributed by atoms with van der Waals surface area (Å²) in [4.78, 5) is 14.2. The summed E-state index contributed by atoms with van der Waals surface area (Å²) in [6.45, 7) is -0.103. The number of fused-ring (bicyclic) bond motifs is 1. The molecule has 0 aromatic heterocycles. The van der Waals surface area contributed by atoms with Crippen LogP contribution in [0.1, 0.15) is 10.4 Å². The lowest BCUT2D eigenvalue weighted by atomic mass is 9.64. The van der Waals surface area contributed by atoms with Crippen molar-refractivity contribution in [2.75, 3.05) is 11.9 Å². The molecule has 3 nitrogen and oxygen atoms in total. The summed E-state index contributed by atoms with van der Waals surface area (Å²) < 4.78 is 0. The number of benzene rings is 2. The maximum absolute atomic E-state index is 12.1. The van der Waals surface area contributed by atoms with E-state index in [1.807, 2.05) is 61.6 Å². The van der Waals surface area contributed by atoms with Gasteiger partial charge < -0.3 is 10.0 Å². The lowest BCUT2D eigenvalue weighted by Gasteiger charge is -2.33. The van der Waals surface area contributed by atoms with Gasteiger partial charge in [-0.2, -0.15) is 0 Å². The molecule has 0 saturated heterocycles. The molecule has 0 aliphatic carbocycles. The van der Waals surface area contributed by atoms with Gasteiger partial charge in [0.25, 0.3) is 0 Å². The summed E-state index contributed by atoms with van der Waals surface area (Å²) in [7, 11) is 2.00. The first-order valence-corrected chi connectivity index (χ1v) is 5.95. The minimum absolute atomic E-state index is 0.0162. The Bertz CT molecular complexity index is 585. The van der Waals surface area contributed by atoms with Gasteiger partial charge >= 0.3 is 6.98 Å². The van der Waals surface area contributed by atoms with Crippen LogP contribution in [0.4, 0.5) is 5.69 Å². The summed E-state index contributed by atoms with van der Waals surface area (Å²) in [5, 5.41) is 3.03. The van der Waals surface area contributed by atoms with Gasteiger partial charge in [0.2, 0.25) is 5.91 Å². The van der Waals surface area contributed by atoms with Gasteiger partial charge in [-0.15, -0.1) is 0 Å². The molecule has 18 heavy (non-hydrogen) atoms. The molecule has 1 N–H and O–H groups in total. The second kappa shape index (κ2) is 4.22. The fraction of sp³-hybridized carbons (Fsp3) is 0.0714. The lowest BCUT2D eigenvalue weighted by molar-refractivity contribution is 0.0978. The Labute approximate surface area is 107 Å². The highest BCUT2D eigenvalue weighted by Gasteiger charge is 2.33. The Morgan fingerprint density at radius 2 is 1.67 bits per heavy atom. The monoisotopic (exact) mass is 236 g/mol. The Morgan fingerprint density at radius 3 is 2.44 bits per heavy atom. The number of amides is 1. The Balaban J connectivity index is 2.05. The van der Waals surface area contributed by atoms with E-state index in [2.05, 4.69) is 10.0 Å². The van der Waals surface area contributed by atoms with Crippen molar-refractivity contribution in [1.29, 1.82) is 0 Å². The largest absolute Gasteiger partial charge is 0.410 e. The van der Waals surface area contributed by atoms with Crippen LogP contribution in [0.25, 0.3) is 0 Å². The van der Waals surface area contributed by atoms with E-state index >= 15 is 0 Å². The first-order chi connectivity index (χ1) is 8.77. The van der Waals surface area contributed by atoms with E-state index < -0.39 is 0 Å². The van der Waals surface area contributed by atoms with Crippen LogP contribution in [0.15, 0.2) is 54.6 Å². The first kappa shape index (κ1) is 10.9. The van der Waals surface area contributed by atoms with Crippen LogP contribution in [-0.4, -0.2) is 19.9 Å². The van der Waals surface area contributed by atoms with Gasteiger partial charge in [0, 0.05) is 5.69 Å². The van der Waals surface area contributed by atoms with E-state index in [0.29, 0.717) is 0 Å². The fourth-order valence-electron chi connectivity index (χ4n) is 2.35. The van der Waals surface area contributed by atoms with Crippen LogP contribution < -0.4 is 15.5 Å². The molecule has 0 bridgehead atoms. The van der Waals surface area contributed by atoms with Gasteiger partial charge in [-0.05, 0) is 24.6 Å². The van der Waals surface area contributed by atoms with Crippen molar-refractivity contribution in [2.45, 2.75) is 0 Å². The minimum Gasteiger partial charge on any atom is -0.394 e. The predicted molar refractivity (Wildman–Crippen MR) is 74.1 cm³/mol. The molecule has 0 unspecified atom stereocenters. The van der Waals surface area contributed by atoms with E-state index in [0.717, 1.165) is 16.7 Å². The first-order valence-electron chi connectivity index (χ1n) is 5.95. The average Bonchev–Trinajstić information content (AvgIpc) is 2.44. The maximum atomic E-state index is 12.1. The third-order valence-electron chi connectivity index (χ3n) is 3.30. The molecule has 0 spiro atoms. The van der Waals surface area contributed by atoms with Crippen LogP contribution in [-0.2, 0) is 0 Å². The molecule has 2 aromatic rings. The molecule has 0 fully saturated rings. The summed E-state index contributed by atoms with van der Waals surface area (Å²) in [6, 6.07) is 17.6. The zero-order chi connectivity index (χ0) is 12.5. The van der Waals surface area contributed by atoms with Crippen molar-refractivity contribution in [3.8, 4) is 0 Å². The number of anilines is 1. The van der Waals surface area contributed by atoms with Crippen molar-refractivity contribution in [1.82, 2.24) is 5.23 Å². The van der Waals surface area contributed by atoms with Gasteiger partial charge in [0.15, 0.2) is 0 Å². The molecule has 0 radical (unpaired) electrons. The molecule has 1 amide bonds. The summed E-state index contributed by atoms with van der Waals surface area (Å²) in [6.07, 6.45) is 0. The number of rotatable bonds is 1. The quantitative estimate of drug-likeness (QED) is 0.756. The zero-order valence-electron chi connectivity index (χ0n) is 10.1. The number of nitrogens with one attached hydrogen (secondary N) is 1. The molecular formula is C14H13BN2O. The average molecular weight is 236 g/mol. The highest BCUT2D eigenvalue weighted by molar-refractivity contribution is 6.77. The van der Waals surface area contributed by atoms with Crippen molar-refractivity contribution in [2.24, 2.45) is 0 Å². The van der Waals surface area contributed by atoms with Crippen LogP contribution in [0.2, 0.25) is 0 Å². The van der Waals surface area contributed by atoms with E-state index in [1.54, 1.807) is 0 Å². The van der Waals surface area contributed by atoms with E-state index in [9.17, 15) is 4.79 Å². The number of carbonyl (C=O) groups is 1. The highest BCUT2D eigenvalue weighted by atomic mass is 16.1. The second-order valence-electron chi connectivity index (χ2n) is 4.41. The standard InChI is InChI=1S/C14H13BN2O/c1-17-13-10-6-5-9-12(13)14(18)16-15(17)11-7-3-2-4-8-11/h2-10H,1H3,(H,16,18). The van der Waals surface area contributed by atoms with Gasteiger partial charge in [-0.1, -0.05) is 42.5 Å². The molecule has 0 atom stereocenters. The smallest absolute Gasteiger partial charge is 0.394 e. The molecule has 0 saturated carbocycles. The van der Waals surface area contributed by atoms with Crippen molar-refractivity contribution in [3.63, 3.8) is 0 Å². The van der Waals surface area contributed by atoms with Crippen molar-refractivity contribution in [3.05, 3.63) is 60.2 Å². The summed E-state index contributed by atoms with van der Waals surface area (Å²) in [5.41, 5.74) is 2.78. The molecule has 4 heteroatoms. The normalized spacial score (nSPS) is 14.2. The number of hydrogen-bond acceptors (Lipinski definition) is 2. The summed E-state index contributed by atoms with van der Waals surface area (Å²) >= 11 is 0. The lowest BCUT2D eigenvalue weighted by Crippen LogP contribution is -2.62. The van der Waals surface area contributed by atoms with Crippen LogP contribution in [0.3, 0.4) is 0 Å². The molecule has 1 aliphatic rings. The van der Waals surface area contributed by atoms with E-state index in [-0.39, 0.29) is 12.9 Å². The zero-order valence-corrected chi connectivity index (χ0v) is 10.1. The summed E-state index contributed by atoms with van der Waals surface area (Å²) in [5.74, 6) is -0.0162. The predicted octanol–water partition coefficient (Wildman–Crippen LogP) is 1.26. The maximum Gasteiger partial charge on any atom is 0.410 e. The van der Waals surface area contributed by atoms with Crippen LogP contribution in [0.5, 0.6) is 0 Å². The minimum atomic E-state index is -0.103. The van der Waals surface area contributed by atoms with Crippen LogP contribution >= 0.6 is 0 Å².